The van der Waals surface area contributed by atoms with Gasteiger partial charge in [0.05, 0.1) is 17.7 Å². The van der Waals surface area contributed by atoms with Crippen molar-refractivity contribution in [2.24, 2.45) is 0 Å². The Labute approximate surface area is 292 Å². The molecule has 1 unspecified atom stereocenters. The molecule has 0 radical (unpaired) electrons. The van der Waals surface area contributed by atoms with E-state index in [-0.39, 0.29) is 23.1 Å². The van der Waals surface area contributed by atoms with E-state index in [9.17, 15) is 9.18 Å². The van der Waals surface area contributed by atoms with Gasteiger partial charge in [0.2, 0.25) is 11.1 Å². The van der Waals surface area contributed by atoms with Crippen molar-refractivity contribution >= 4 is 52.5 Å². The summed E-state index contributed by atoms with van der Waals surface area (Å²) in [4.78, 5) is 18.9. The highest BCUT2D eigenvalue weighted by Gasteiger charge is 2.35. The number of thioether (sulfide) groups is 1. The Hall–Kier alpha value is -4.51. The number of carbonyl (C=O) groups is 1. The SMILES string of the molecule is COc1cc(C2C(C(=O)Nc3cccc(C)c3C)=C(C)Nc3nc(SCc4ccccc4Cl)nn32)ccc1OCc1c(F)cccc1Cl. The predicted octanol–water partition coefficient (Wildman–Crippen LogP) is 9.15. The number of aryl methyl sites for hydroxylation is 1. The molecule has 5 aromatic rings. The van der Waals surface area contributed by atoms with Crippen molar-refractivity contribution in [1.29, 1.82) is 0 Å². The summed E-state index contributed by atoms with van der Waals surface area (Å²) in [5.41, 5.74) is 5.72. The molecule has 0 saturated carbocycles. The summed E-state index contributed by atoms with van der Waals surface area (Å²) in [7, 11) is 1.52. The molecule has 1 amide bonds. The zero-order valence-electron chi connectivity index (χ0n) is 26.6. The van der Waals surface area contributed by atoms with E-state index >= 15 is 0 Å². The third kappa shape index (κ3) is 6.87. The predicted molar refractivity (Wildman–Crippen MR) is 189 cm³/mol. The lowest BCUT2D eigenvalue weighted by molar-refractivity contribution is -0.113. The van der Waals surface area contributed by atoms with Gasteiger partial charge in [-0.1, -0.05) is 77.4 Å². The van der Waals surface area contributed by atoms with Crippen LogP contribution in [0.15, 0.2) is 95.3 Å². The lowest BCUT2D eigenvalue weighted by Crippen LogP contribution is -2.31. The monoisotopic (exact) mass is 703 g/mol. The van der Waals surface area contributed by atoms with Gasteiger partial charge in [0.15, 0.2) is 11.5 Å². The van der Waals surface area contributed by atoms with Crippen LogP contribution in [0.4, 0.5) is 16.0 Å². The first-order valence-electron chi connectivity index (χ1n) is 15.1. The smallest absolute Gasteiger partial charge is 0.255 e. The van der Waals surface area contributed by atoms with E-state index in [1.165, 1.54) is 31.0 Å². The van der Waals surface area contributed by atoms with Gasteiger partial charge in [0, 0.05) is 27.7 Å². The second-order valence-corrected chi connectivity index (χ2v) is 13.0. The van der Waals surface area contributed by atoms with E-state index in [1.807, 2.05) is 69.3 Å². The van der Waals surface area contributed by atoms with Crippen LogP contribution in [-0.2, 0) is 17.2 Å². The molecule has 0 fully saturated rings. The molecule has 1 atom stereocenters. The molecule has 2 heterocycles. The van der Waals surface area contributed by atoms with Crippen LogP contribution in [0.3, 0.4) is 0 Å². The number of hydrogen-bond acceptors (Lipinski definition) is 7. The summed E-state index contributed by atoms with van der Waals surface area (Å²) < 4.78 is 27.8. The number of halogens is 3. The van der Waals surface area contributed by atoms with Crippen LogP contribution < -0.4 is 20.1 Å². The van der Waals surface area contributed by atoms with Crippen molar-refractivity contribution in [2.75, 3.05) is 17.7 Å². The average Bonchev–Trinajstić information content (AvgIpc) is 3.48. The third-order valence-corrected chi connectivity index (χ3v) is 9.79. The number of aromatic nitrogens is 3. The highest BCUT2D eigenvalue weighted by Crippen LogP contribution is 2.41. The molecule has 8 nitrogen and oxygen atoms in total. The maximum atomic E-state index is 14.4. The van der Waals surface area contributed by atoms with Crippen molar-refractivity contribution in [2.45, 2.75) is 44.3 Å². The Morgan fingerprint density at radius 2 is 1.77 bits per heavy atom. The summed E-state index contributed by atoms with van der Waals surface area (Å²) in [6.45, 7) is 5.71. The molecular formula is C36H32Cl2FN5O3S. The highest BCUT2D eigenvalue weighted by atomic mass is 35.5. The molecule has 2 N–H and O–H groups in total. The normalized spacial score (nSPS) is 13.9. The molecule has 1 aliphatic rings. The van der Waals surface area contributed by atoms with Crippen LogP contribution in [0.2, 0.25) is 10.0 Å². The molecule has 12 heteroatoms. The van der Waals surface area contributed by atoms with Gasteiger partial charge >= 0.3 is 0 Å². The molecule has 0 bridgehead atoms. The number of allylic oxidation sites excluding steroid dienone is 1. The fraction of sp³-hybridized carbons (Fsp3) is 0.194. The fourth-order valence-corrected chi connectivity index (χ4v) is 6.75. The number of nitrogens with one attached hydrogen (secondary N) is 2. The number of rotatable bonds is 10. The number of carbonyl (C=O) groups excluding carboxylic acids is 1. The molecule has 1 aromatic heterocycles. The van der Waals surface area contributed by atoms with Gasteiger partial charge < -0.3 is 20.1 Å². The number of amides is 1. The molecule has 6 rings (SSSR count). The molecule has 1 aliphatic heterocycles. The van der Waals surface area contributed by atoms with Crippen LogP contribution in [-0.4, -0.2) is 27.8 Å². The number of benzene rings is 4. The molecule has 0 aliphatic carbocycles. The van der Waals surface area contributed by atoms with E-state index in [0.717, 1.165) is 16.7 Å². The first-order chi connectivity index (χ1) is 23.1. The Balaban J connectivity index is 1.37. The highest BCUT2D eigenvalue weighted by molar-refractivity contribution is 7.98. The molecule has 48 heavy (non-hydrogen) atoms. The molecular weight excluding hydrogens is 672 g/mol. The Morgan fingerprint density at radius 3 is 2.54 bits per heavy atom. The summed E-state index contributed by atoms with van der Waals surface area (Å²) in [5.74, 6) is 1.06. The first kappa shape index (κ1) is 33.4. The number of hydrogen-bond donors (Lipinski definition) is 2. The number of nitrogens with zero attached hydrogens (tertiary/aromatic N) is 3. The van der Waals surface area contributed by atoms with Crippen molar-refractivity contribution in [3.8, 4) is 11.5 Å². The zero-order valence-corrected chi connectivity index (χ0v) is 28.9. The van der Waals surface area contributed by atoms with E-state index in [2.05, 4.69) is 10.6 Å². The van der Waals surface area contributed by atoms with Crippen LogP contribution >= 0.6 is 35.0 Å². The van der Waals surface area contributed by atoms with Gasteiger partial charge in [-0.25, -0.2) is 9.07 Å². The van der Waals surface area contributed by atoms with Crippen LogP contribution in [0.5, 0.6) is 11.5 Å². The van der Waals surface area contributed by atoms with E-state index in [1.54, 1.807) is 22.9 Å². The van der Waals surface area contributed by atoms with Gasteiger partial charge in [0.1, 0.15) is 18.5 Å². The molecule has 0 spiro atoms. The lowest BCUT2D eigenvalue weighted by Gasteiger charge is -2.29. The summed E-state index contributed by atoms with van der Waals surface area (Å²) in [6.07, 6.45) is 0. The second kappa shape index (κ2) is 14.3. The largest absolute Gasteiger partial charge is 0.493 e. The molecule has 246 valence electrons. The Morgan fingerprint density at radius 1 is 1.00 bits per heavy atom. The maximum absolute atomic E-state index is 14.4. The minimum Gasteiger partial charge on any atom is -0.493 e. The quantitative estimate of drug-likeness (QED) is 0.140. The van der Waals surface area contributed by atoms with Crippen molar-refractivity contribution in [3.63, 3.8) is 0 Å². The van der Waals surface area contributed by atoms with E-state index in [0.29, 0.717) is 55.9 Å². The maximum Gasteiger partial charge on any atom is 0.255 e. The topological polar surface area (TPSA) is 90.3 Å². The number of fused-ring (bicyclic) bond motifs is 1. The lowest BCUT2D eigenvalue weighted by atomic mass is 9.94. The van der Waals surface area contributed by atoms with Gasteiger partial charge in [-0.05, 0) is 79.4 Å². The first-order valence-corrected chi connectivity index (χ1v) is 16.8. The second-order valence-electron chi connectivity index (χ2n) is 11.2. The average molecular weight is 705 g/mol. The third-order valence-electron chi connectivity index (χ3n) is 8.18. The van der Waals surface area contributed by atoms with Crippen LogP contribution in [0.25, 0.3) is 0 Å². The number of methoxy groups -OCH3 is 1. The van der Waals surface area contributed by atoms with Gasteiger partial charge in [0.25, 0.3) is 5.91 Å². The Bertz CT molecular complexity index is 2030. The van der Waals surface area contributed by atoms with Gasteiger partial charge in [-0.2, -0.15) is 4.98 Å². The summed E-state index contributed by atoms with van der Waals surface area (Å²) in [6, 6.07) is 22.6. The van der Waals surface area contributed by atoms with E-state index < -0.39 is 11.9 Å². The molecule has 4 aromatic carbocycles. The number of ether oxygens (including phenoxy) is 2. The standard InChI is InChI=1S/C36H32Cl2FN5O3S/c1-20-9-7-14-29(21(20)2)41-34(45)32-22(3)40-35-42-36(48-19-24-10-5-6-11-26(24)37)43-44(35)33(32)23-15-16-30(31(17-23)46-4)47-18-25-27(38)12-8-13-28(25)39/h5-17,33H,18-19H2,1-4H3,(H,41,45)(H,40,42,43). The minimum atomic E-state index is -0.683. The van der Waals surface area contributed by atoms with Crippen LogP contribution in [0.1, 0.15) is 40.8 Å². The van der Waals surface area contributed by atoms with Crippen molar-refractivity contribution in [3.05, 3.63) is 134 Å². The Kier molecular flexibility index (Phi) is 9.96. The van der Waals surface area contributed by atoms with Gasteiger partial charge in [-0.3, -0.25) is 4.79 Å². The van der Waals surface area contributed by atoms with E-state index in [4.69, 9.17) is 42.8 Å². The molecule has 0 saturated heterocycles. The minimum absolute atomic E-state index is 0.101. The van der Waals surface area contributed by atoms with Crippen LogP contribution in [0, 0.1) is 19.7 Å². The van der Waals surface area contributed by atoms with Crippen molar-refractivity contribution < 1.29 is 18.7 Å². The zero-order chi connectivity index (χ0) is 33.9. The fourth-order valence-electron chi connectivity index (χ4n) is 5.42. The summed E-state index contributed by atoms with van der Waals surface area (Å²) in [5, 5.41) is 12.7. The van der Waals surface area contributed by atoms with Gasteiger partial charge in [-0.15, -0.1) is 5.10 Å². The summed E-state index contributed by atoms with van der Waals surface area (Å²) >= 11 is 14.1. The number of anilines is 2. The van der Waals surface area contributed by atoms with Crippen molar-refractivity contribution in [1.82, 2.24) is 14.8 Å².